The van der Waals surface area contributed by atoms with E-state index in [0.717, 1.165) is 0 Å². The molecule has 6 heteroatoms. The summed E-state index contributed by atoms with van der Waals surface area (Å²) in [6.07, 6.45) is 0. The van der Waals surface area contributed by atoms with Crippen molar-refractivity contribution in [3.63, 3.8) is 0 Å². The van der Waals surface area contributed by atoms with E-state index in [1.165, 1.54) is 0 Å². The van der Waals surface area contributed by atoms with Crippen molar-refractivity contribution in [1.29, 1.82) is 0 Å². The third kappa shape index (κ3) is 263. The Balaban J connectivity index is -0.0000000720. The number of halogens is 3. The average Bonchev–Trinajstić information content (AvgIpc) is 1.65. The van der Waals surface area contributed by atoms with E-state index >= 15 is 0 Å². The quantitative estimate of drug-likeness (QED) is 0.581. The predicted molar refractivity (Wildman–Crippen MR) is 35.6 cm³/mol. The number of alkyl halides is 3. The van der Waals surface area contributed by atoms with Crippen LogP contribution in [0, 0.1) is 0 Å². The normalized spacial score (nSPS) is 7.33. The number of hydrogen-bond acceptors (Lipinski definition) is 2. The van der Waals surface area contributed by atoms with Crippen LogP contribution in [0.1, 0.15) is 0 Å². The largest absolute Gasteiger partial charge is 0.379 e. The van der Waals surface area contributed by atoms with Crippen molar-refractivity contribution in [2.75, 3.05) is 13.1 Å². The number of rotatable bonds is 1. The first kappa shape index (κ1) is 16.0. The summed E-state index contributed by atoms with van der Waals surface area (Å²) in [4.78, 5) is 0. The monoisotopic (exact) mass is 164 g/mol. The molecule has 0 aliphatic carbocycles. The lowest BCUT2D eigenvalue weighted by Crippen LogP contribution is -2.11. The van der Waals surface area contributed by atoms with Crippen LogP contribution in [-0.2, 0) is 0 Å². The molecule has 0 saturated carbocycles. The van der Waals surface area contributed by atoms with Gasteiger partial charge in [0.05, 0.1) is 0 Å². The molecule has 9 heavy (non-hydrogen) atoms. The third-order valence-electron chi connectivity index (χ3n) is 0.167. The lowest BCUT2D eigenvalue weighted by molar-refractivity contribution is 0.00819. The van der Waals surface area contributed by atoms with Crippen molar-refractivity contribution in [2.45, 2.75) is 6.68 Å². The fourth-order valence-corrected chi connectivity index (χ4v) is 0. The highest BCUT2D eigenvalue weighted by Crippen LogP contribution is 1.87. The minimum Gasteiger partial charge on any atom is -0.329 e. The zero-order valence-corrected chi connectivity index (χ0v) is 5.78. The van der Waals surface area contributed by atoms with E-state index in [1.807, 2.05) is 0 Å². The molecular weight excluding hydrogens is 153 g/mol. The molecule has 0 amide bonds. The molecule has 0 atom stereocenters. The summed E-state index contributed by atoms with van der Waals surface area (Å²) >= 11 is 0. The van der Waals surface area contributed by atoms with E-state index in [0.29, 0.717) is 13.1 Å². The van der Waals surface area contributed by atoms with Gasteiger partial charge in [-0.05, 0) is 0 Å². The molecule has 0 aromatic carbocycles. The Morgan fingerprint density at radius 3 is 1.11 bits per heavy atom. The van der Waals surface area contributed by atoms with Gasteiger partial charge in [-0.25, -0.2) is 0 Å². The second-order valence-electron chi connectivity index (χ2n) is 0.825. The predicted octanol–water partition coefficient (Wildman–Crippen LogP) is 0.195. The molecule has 0 aliphatic rings. The first-order valence-electron chi connectivity index (χ1n) is 1.97. The first-order valence-corrected chi connectivity index (χ1v) is 1.97. The summed E-state index contributed by atoms with van der Waals surface area (Å²) in [7, 11) is 0. The molecule has 4 N–H and O–H groups in total. The van der Waals surface area contributed by atoms with Crippen LogP contribution in [0.3, 0.4) is 0 Å². The van der Waals surface area contributed by atoms with Gasteiger partial charge >= 0.3 is 6.68 Å². The molecule has 0 unspecified atom stereocenters. The molecule has 2 nitrogen and oxygen atoms in total. The number of hydrogen-bond donors (Lipinski definition) is 2. The maximum absolute atomic E-state index is 9.67. The van der Waals surface area contributed by atoms with Gasteiger partial charge in [0.2, 0.25) is 0 Å². The second kappa shape index (κ2) is 15.7. The highest BCUT2D eigenvalue weighted by atomic mass is 32.1. The van der Waals surface area contributed by atoms with Gasteiger partial charge in [-0.2, -0.15) is 26.7 Å². The van der Waals surface area contributed by atoms with Crippen molar-refractivity contribution in [1.82, 2.24) is 0 Å². The standard InChI is InChI=1S/C2H8N2.CHF3.H2S/c3-1-2-4;2-1(3)4;/h1-4H2;1H;1H2. The fraction of sp³-hybridized carbons (Fsp3) is 1.00. The van der Waals surface area contributed by atoms with Crippen molar-refractivity contribution in [3.05, 3.63) is 0 Å². The molecule has 0 aromatic rings. The van der Waals surface area contributed by atoms with Gasteiger partial charge in [-0.3, -0.25) is 0 Å². The molecule has 0 rings (SSSR count). The molecule has 0 spiro atoms. The molecule has 60 valence electrons. The van der Waals surface area contributed by atoms with Crippen molar-refractivity contribution >= 4 is 13.5 Å². The van der Waals surface area contributed by atoms with Gasteiger partial charge < -0.3 is 11.5 Å². The van der Waals surface area contributed by atoms with E-state index < -0.39 is 6.68 Å². The molecule has 0 bridgehead atoms. The van der Waals surface area contributed by atoms with Crippen LogP contribution >= 0.6 is 13.5 Å². The highest BCUT2D eigenvalue weighted by molar-refractivity contribution is 7.59. The Labute approximate surface area is 58.8 Å². The maximum atomic E-state index is 9.67. The summed E-state index contributed by atoms with van der Waals surface area (Å²) in [6, 6.07) is 0. The summed E-state index contributed by atoms with van der Waals surface area (Å²) in [5.74, 6) is 0. The van der Waals surface area contributed by atoms with Crippen LogP contribution in [0.15, 0.2) is 0 Å². The lowest BCUT2D eigenvalue weighted by Gasteiger charge is -1.72. The van der Waals surface area contributed by atoms with E-state index in [2.05, 4.69) is 0 Å². The van der Waals surface area contributed by atoms with E-state index in [9.17, 15) is 13.2 Å². The Morgan fingerprint density at radius 2 is 1.11 bits per heavy atom. The lowest BCUT2D eigenvalue weighted by atomic mass is 10.7. The van der Waals surface area contributed by atoms with Gasteiger partial charge in [0, 0.05) is 13.1 Å². The molecule has 0 heterocycles. The SMILES string of the molecule is FC(F)F.NCCN.S. The van der Waals surface area contributed by atoms with E-state index in [4.69, 9.17) is 11.5 Å². The highest BCUT2D eigenvalue weighted by Gasteiger charge is 1.86. The minimum atomic E-state index is -3.67. The summed E-state index contributed by atoms with van der Waals surface area (Å²) in [6.45, 7) is -2.47. The molecule has 0 radical (unpaired) electrons. The van der Waals surface area contributed by atoms with Crippen molar-refractivity contribution in [3.8, 4) is 0 Å². The molecule has 0 aliphatic heterocycles. The zero-order chi connectivity index (χ0) is 6.99. The summed E-state index contributed by atoms with van der Waals surface area (Å²) in [5, 5.41) is 0. The zero-order valence-electron chi connectivity index (χ0n) is 4.78. The average molecular weight is 164 g/mol. The fourth-order valence-electron chi connectivity index (χ4n) is 0. The second-order valence-corrected chi connectivity index (χ2v) is 0.825. The molecule has 0 saturated heterocycles. The minimum absolute atomic E-state index is 0. The summed E-state index contributed by atoms with van der Waals surface area (Å²) in [5.41, 5.74) is 9.81. The Hall–Kier alpha value is 0.0600. The van der Waals surface area contributed by atoms with Gasteiger partial charge in [-0.1, -0.05) is 0 Å². The Kier molecular flexibility index (Phi) is 27.9. The molecule has 0 aromatic heterocycles. The van der Waals surface area contributed by atoms with Crippen molar-refractivity contribution < 1.29 is 13.2 Å². The third-order valence-corrected chi connectivity index (χ3v) is 0.167. The molecular formula is C3H11F3N2S. The Bertz CT molecular complexity index is 33.5. The van der Waals surface area contributed by atoms with Crippen molar-refractivity contribution in [2.24, 2.45) is 11.5 Å². The van der Waals surface area contributed by atoms with Gasteiger partial charge in [0.25, 0.3) is 0 Å². The van der Waals surface area contributed by atoms with Gasteiger partial charge in [0.1, 0.15) is 0 Å². The van der Waals surface area contributed by atoms with Crippen LogP contribution in [0.25, 0.3) is 0 Å². The number of nitrogens with two attached hydrogens (primary N) is 2. The smallest absolute Gasteiger partial charge is 0.329 e. The first-order chi connectivity index (χ1) is 3.65. The van der Waals surface area contributed by atoms with Gasteiger partial charge in [-0.15, -0.1) is 0 Å². The van der Waals surface area contributed by atoms with Crippen LogP contribution < -0.4 is 11.5 Å². The maximum Gasteiger partial charge on any atom is 0.379 e. The van der Waals surface area contributed by atoms with Crippen LogP contribution in [0.2, 0.25) is 0 Å². The van der Waals surface area contributed by atoms with E-state index in [-0.39, 0.29) is 13.5 Å². The van der Waals surface area contributed by atoms with E-state index in [1.54, 1.807) is 0 Å². The van der Waals surface area contributed by atoms with Crippen LogP contribution in [0.5, 0.6) is 0 Å². The van der Waals surface area contributed by atoms with Gasteiger partial charge in [0.15, 0.2) is 0 Å². The van der Waals surface area contributed by atoms with Crippen LogP contribution in [-0.4, -0.2) is 19.8 Å². The summed E-state index contributed by atoms with van der Waals surface area (Å²) < 4.78 is 29.0. The molecule has 0 fully saturated rings. The topological polar surface area (TPSA) is 52.0 Å². The Morgan fingerprint density at radius 1 is 1.00 bits per heavy atom. The van der Waals surface area contributed by atoms with Crippen LogP contribution in [0.4, 0.5) is 13.2 Å².